The number of nitrogens with one attached hydrogen (secondary N) is 1. The molecule has 0 bridgehead atoms. The summed E-state index contributed by atoms with van der Waals surface area (Å²) in [4.78, 5) is 55.9. The monoisotopic (exact) mass is 702 g/mol. The lowest BCUT2D eigenvalue weighted by Gasteiger charge is -2.48. The summed E-state index contributed by atoms with van der Waals surface area (Å²) in [5, 5.41) is 17.6. The third kappa shape index (κ3) is 9.77. The van der Waals surface area contributed by atoms with Crippen molar-refractivity contribution in [3.05, 3.63) is 40.9 Å². The summed E-state index contributed by atoms with van der Waals surface area (Å²) in [5.41, 5.74) is -1.04. The molecule has 1 amide bonds. The van der Waals surface area contributed by atoms with Crippen molar-refractivity contribution >= 4 is 35.4 Å². The van der Waals surface area contributed by atoms with Gasteiger partial charge in [-0.15, -0.1) is 11.8 Å². The zero-order valence-electron chi connectivity index (χ0n) is 29.7. The molecular formula is C36H54N4O8S. The minimum atomic E-state index is -1.14. The third-order valence-corrected chi connectivity index (χ3v) is 9.98. The Bertz CT molecular complexity index is 1340. The molecule has 1 saturated heterocycles. The number of amides is 1. The molecule has 2 heterocycles. The first-order valence-corrected chi connectivity index (χ1v) is 18.6. The number of benzene rings is 1. The minimum Gasteiger partial charge on any atom is -0.490 e. The molecule has 272 valence electrons. The van der Waals surface area contributed by atoms with E-state index in [1.54, 1.807) is 31.3 Å². The summed E-state index contributed by atoms with van der Waals surface area (Å²) < 4.78 is 17.1. The highest BCUT2D eigenvalue weighted by Gasteiger charge is 2.54. The zero-order valence-corrected chi connectivity index (χ0v) is 30.5. The van der Waals surface area contributed by atoms with Crippen LogP contribution in [0.2, 0.25) is 0 Å². The van der Waals surface area contributed by atoms with Gasteiger partial charge in [-0.3, -0.25) is 19.7 Å². The van der Waals surface area contributed by atoms with Gasteiger partial charge in [-0.25, -0.2) is 14.8 Å². The number of hydrazine groups is 1. The molecule has 3 aliphatic rings. The fourth-order valence-corrected chi connectivity index (χ4v) is 7.91. The molecule has 4 rings (SSSR count). The molecule has 1 aromatic rings. The quantitative estimate of drug-likeness (QED) is 0.117. The first-order valence-electron chi connectivity index (χ1n) is 17.6. The lowest BCUT2D eigenvalue weighted by molar-refractivity contribution is -0.148. The average Bonchev–Trinajstić information content (AvgIpc) is 3.77. The summed E-state index contributed by atoms with van der Waals surface area (Å²) in [6.45, 7) is 9.07. The van der Waals surface area contributed by atoms with E-state index in [2.05, 4.69) is 5.32 Å². The average molecular weight is 703 g/mol. The number of aliphatic carboxylic acids is 1. The normalized spacial score (nSPS) is 20.6. The van der Waals surface area contributed by atoms with E-state index >= 15 is 4.79 Å². The van der Waals surface area contributed by atoms with Crippen molar-refractivity contribution in [2.75, 3.05) is 45.8 Å². The number of para-hydroxylation sites is 1. The number of carbonyl (C=O) groups excluding carboxylic acids is 3. The number of ether oxygens (including phenoxy) is 3. The molecule has 13 heteroatoms. The molecule has 2 fully saturated rings. The smallest absolute Gasteiger partial charge is 0.424 e. The van der Waals surface area contributed by atoms with Gasteiger partial charge < -0.3 is 24.2 Å². The molecular weight excluding hydrogens is 648 g/mol. The summed E-state index contributed by atoms with van der Waals surface area (Å²) in [5.74, 6) is -0.353. The Balaban J connectivity index is 1.63. The predicted octanol–water partition coefficient (Wildman–Crippen LogP) is 5.68. The van der Waals surface area contributed by atoms with E-state index in [0.29, 0.717) is 42.4 Å². The molecule has 49 heavy (non-hydrogen) atoms. The molecule has 12 nitrogen and oxygen atoms in total. The van der Waals surface area contributed by atoms with Gasteiger partial charge in [-0.1, -0.05) is 38.3 Å². The van der Waals surface area contributed by atoms with Crippen LogP contribution in [0.25, 0.3) is 0 Å². The van der Waals surface area contributed by atoms with Crippen molar-refractivity contribution in [1.82, 2.24) is 20.2 Å². The maximum absolute atomic E-state index is 15.4. The second-order valence-corrected chi connectivity index (χ2v) is 14.7. The Labute approximate surface area is 294 Å². The topological polar surface area (TPSA) is 138 Å². The van der Waals surface area contributed by atoms with E-state index in [1.165, 1.54) is 16.8 Å². The summed E-state index contributed by atoms with van der Waals surface area (Å²) in [6.07, 6.45) is 6.37. The largest absolute Gasteiger partial charge is 0.490 e. The third-order valence-electron chi connectivity index (χ3n) is 9.18. The van der Waals surface area contributed by atoms with E-state index in [1.807, 2.05) is 43.0 Å². The van der Waals surface area contributed by atoms with Crippen LogP contribution in [-0.2, 0) is 19.1 Å². The van der Waals surface area contributed by atoms with Crippen molar-refractivity contribution < 1.29 is 38.5 Å². The van der Waals surface area contributed by atoms with Gasteiger partial charge in [-0.05, 0) is 77.5 Å². The van der Waals surface area contributed by atoms with Crippen LogP contribution in [0.1, 0.15) is 95.8 Å². The van der Waals surface area contributed by atoms with Gasteiger partial charge in [0.1, 0.15) is 18.0 Å². The molecule has 0 unspecified atom stereocenters. The lowest BCUT2D eigenvalue weighted by Crippen LogP contribution is -2.68. The number of allylic oxidation sites excluding steroid dienone is 1. The number of carboxylic acids is 1. The van der Waals surface area contributed by atoms with Crippen LogP contribution in [0.3, 0.4) is 0 Å². The van der Waals surface area contributed by atoms with Crippen molar-refractivity contribution in [2.24, 2.45) is 5.92 Å². The highest BCUT2D eigenvalue weighted by Crippen LogP contribution is 2.41. The number of thioether (sulfide) groups is 1. The second-order valence-electron chi connectivity index (χ2n) is 13.9. The van der Waals surface area contributed by atoms with Gasteiger partial charge in [0.15, 0.2) is 11.4 Å². The number of rotatable bonds is 17. The Kier molecular flexibility index (Phi) is 14.0. The molecule has 1 aliphatic carbocycles. The van der Waals surface area contributed by atoms with E-state index in [0.717, 1.165) is 44.9 Å². The van der Waals surface area contributed by atoms with Gasteiger partial charge in [0.25, 0.3) is 0 Å². The highest BCUT2D eigenvalue weighted by atomic mass is 32.2. The molecule has 0 spiro atoms. The van der Waals surface area contributed by atoms with Gasteiger partial charge in [0.05, 0.1) is 42.8 Å². The Morgan fingerprint density at radius 1 is 1.08 bits per heavy atom. The number of carboxylic acid groups (broad SMARTS) is 1. The summed E-state index contributed by atoms with van der Waals surface area (Å²) in [7, 11) is 1.69. The number of carbonyl (C=O) groups is 4. The minimum absolute atomic E-state index is 0.0231. The van der Waals surface area contributed by atoms with E-state index in [4.69, 9.17) is 19.3 Å². The van der Waals surface area contributed by atoms with Crippen molar-refractivity contribution in [2.45, 2.75) is 103 Å². The van der Waals surface area contributed by atoms with E-state index < -0.39 is 29.4 Å². The SMILES string of the molecule is CCCN([C@H](C(=O)[C@@]1(N2CSC=C2C(=O)c2ccccc2OCCOCCC(=O)O)CCCN1)C1CCCCC1)N(C)C(=O)OC(C)(C)C. The van der Waals surface area contributed by atoms with Crippen LogP contribution in [0.4, 0.5) is 4.79 Å². The predicted molar refractivity (Wildman–Crippen MR) is 188 cm³/mol. The Hall–Kier alpha value is -3.13. The Morgan fingerprint density at radius 2 is 1.82 bits per heavy atom. The molecule has 2 aliphatic heterocycles. The molecule has 0 aromatic heterocycles. The number of hydrogen-bond acceptors (Lipinski definition) is 11. The van der Waals surface area contributed by atoms with Crippen LogP contribution < -0.4 is 10.1 Å². The second kappa shape index (κ2) is 17.7. The maximum atomic E-state index is 15.4. The molecule has 2 N–H and O–H groups in total. The molecule has 2 atom stereocenters. The summed E-state index contributed by atoms with van der Waals surface area (Å²) >= 11 is 1.48. The highest BCUT2D eigenvalue weighted by molar-refractivity contribution is 8.02. The first kappa shape index (κ1) is 38.7. The van der Waals surface area contributed by atoms with Crippen LogP contribution >= 0.6 is 11.8 Å². The fourth-order valence-electron chi connectivity index (χ4n) is 6.93. The molecule has 1 aromatic carbocycles. The van der Waals surface area contributed by atoms with Gasteiger partial charge in [0, 0.05) is 19.0 Å². The Morgan fingerprint density at radius 3 is 2.47 bits per heavy atom. The molecule has 1 saturated carbocycles. The number of ketones is 2. The van der Waals surface area contributed by atoms with Crippen LogP contribution in [0, 0.1) is 5.92 Å². The number of nitrogens with zero attached hydrogens (tertiary/aromatic N) is 3. The lowest BCUT2D eigenvalue weighted by atomic mass is 9.78. The maximum Gasteiger partial charge on any atom is 0.424 e. The number of Topliss-reactive ketones (excluding diaryl/α,β-unsaturated/α-hetero) is 2. The van der Waals surface area contributed by atoms with Gasteiger partial charge >= 0.3 is 12.1 Å². The van der Waals surface area contributed by atoms with Crippen molar-refractivity contribution in [1.29, 1.82) is 0 Å². The number of hydrogen-bond donors (Lipinski definition) is 2. The first-order chi connectivity index (χ1) is 23.4. The fraction of sp³-hybridized carbons (Fsp3) is 0.667. The van der Waals surface area contributed by atoms with Gasteiger partial charge in [0.2, 0.25) is 5.78 Å². The zero-order chi connectivity index (χ0) is 35.6. The van der Waals surface area contributed by atoms with Crippen molar-refractivity contribution in [3.63, 3.8) is 0 Å². The van der Waals surface area contributed by atoms with Crippen molar-refractivity contribution in [3.8, 4) is 5.75 Å². The summed E-state index contributed by atoms with van der Waals surface area (Å²) in [6, 6.07) is 6.40. The van der Waals surface area contributed by atoms with Crippen LogP contribution in [0.5, 0.6) is 5.75 Å². The van der Waals surface area contributed by atoms with Crippen LogP contribution in [0.15, 0.2) is 35.4 Å². The molecule has 0 radical (unpaired) electrons. The van der Waals surface area contributed by atoms with Crippen LogP contribution in [-0.4, -0.2) is 107 Å². The van der Waals surface area contributed by atoms with Gasteiger partial charge in [-0.2, -0.15) is 0 Å². The standard InChI is InChI=1S/C36H54N4O8S/c1-6-20-40(38(5)34(45)48-35(2,3)4)31(26-13-8-7-9-14-26)33(44)36(18-12-19-37-36)39-25-49-24-28(39)32(43)27-15-10-11-16-29(27)47-23-22-46-21-17-30(41)42/h10-11,15-16,24,26,31,37H,6-9,12-14,17-23,25H2,1-5H3,(H,41,42)/t31-,36-/m0/s1. The van der Waals surface area contributed by atoms with E-state index in [9.17, 15) is 14.4 Å². The van der Waals surface area contributed by atoms with E-state index in [-0.39, 0.29) is 43.7 Å².